The first-order chi connectivity index (χ1) is 7.15. The first-order valence-corrected chi connectivity index (χ1v) is 4.55. The second kappa shape index (κ2) is 5.09. The van der Waals surface area contributed by atoms with Gasteiger partial charge < -0.3 is 11.5 Å². The molecule has 0 amide bonds. The van der Waals surface area contributed by atoms with Crippen molar-refractivity contribution < 1.29 is 4.39 Å². The number of nitrogens with zero attached hydrogens (tertiary/aromatic N) is 2. The first-order valence-electron chi connectivity index (χ1n) is 4.55. The van der Waals surface area contributed by atoms with Gasteiger partial charge in [-0.2, -0.15) is 5.10 Å². The molecule has 80 valence electrons. The van der Waals surface area contributed by atoms with Crippen LogP contribution in [0.3, 0.4) is 0 Å². The van der Waals surface area contributed by atoms with Gasteiger partial charge in [0.25, 0.3) is 0 Å². The van der Waals surface area contributed by atoms with Crippen LogP contribution >= 0.6 is 0 Å². The Labute approximate surface area is 87.5 Å². The van der Waals surface area contributed by atoms with Gasteiger partial charge in [-0.25, -0.2) is 4.39 Å². The standard InChI is InChI=1S/C10H13FN4/c1-2-9(14-15-10(12)13)7-5-3-4-6-8(7)11/h3-6H,2H2,1H3,(H4,12,13,15)/b14-9-. The molecule has 0 unspecified atom stereocenters. The van der Waals surface area contributed by atoms with Crippen LogP contribution in [0.25, 0.3) is 0 Å². The van der Waals surface area contributed by atoms with E-state index in [-0.39, 0.29) is 11.8 Å². The summed E-state index contributed by atoms with van der Waals surface area (Å²) in [5.74, 6) is -0.471. The highest BCUT2D eigenvalue weighted by atomic mass is 19.1. The lowest BCUT2D eigenvalue weighted by Gasteiger charge is -2.02. The number of hydrogen-bond acceptors (Lipinski definition) is 2. The van der Waals surface area contributed by atoms with Crippen molar-refractivity contribution in [2.75, 3.05) is 0 Å². The van der Waals surface area contributed by atoms with E-state index in [1.54, 1.807) is 18.2 Å². The quantitative estimate of drug-likeness (QED) is 0.445. The van der Waals surface area contributed by atoms with Gasteiger partial charge in [0.2, 0.25) is 5.96 Å². The Hall–Kier alpha value is -1.91. The van der Waals surface area contributed by atoms with Crippen LogP contribution < -0.4 is 11.5 Å². The number of rotatable bonds is 3. The predicted molar refractivity (Wildman–Crippen MR) is 59.0 cm³/mol. The van der Waals surface area contributed by atoms with E-state index in [1.807, 2.05) is 6.92 Å². The van der Waals surface area contributed by atoms with E-state index >= 15 is 0 Å². The van der Waals surface area contributed by atoms with Crippen LogP contribution in [0.5, 0.6) is 0 Å². The van der Waals surface area contributed by atoms with Crippen LogP contribution in [0.15, 0.2) is 34.5 Å². The number of hydrogen-bond donors (Lipinski definition) is 2. The van der Waals surface area contributed by atoms with Crippen LogP contribution in [0.4, 0.5) is 4.39 Å². The monoisotopic (exact) mass is 208 g/mol. The summed E-state index contributed by atoms with van der Waals surface area (Å²) < 4.78 is 13.4. The third-order valence-electron chi connectivity index (χ3n) is 1.81. The maximum atomic E-state index is 13.4. The minimum Gasteiger partial charge on any atom is -0.369 e. The fraction of sp³-hybridized carbons (Fsp3) is 0.200. The fourth-order valence-electron chi connectivity index (χ4n) is 1.13. The van der Waals surface area contributed by atoms with E-state index in [4.69, 9.17) is 11.5 Å². The molecule has 0 aromatic heterocycles. The first kappa shape index (κ1) is 11.2. The van der Waals surface area contributed by atoms with Gasteiger partial charge in [-0.1, -0.05) is 25.1 Å². The molecule has 4 N–H and O–H groups in total. The van der Waals surface area contributed by atoms with E-state index in [9.17, 15) is 4.39 Å². The normalized spacial score (nSPS) is 11.2. The van der Waals surface area contributed by atoms with Gasteiger partial charge in [-0.3, -0.25) is 0 Å². The molecular formula is C10H13FN4. The summed E-state index contributed by atoms with van der Waals surface area (Å²) in [6.07, 6.45) is 0.553. The molecule has 4 nitrogen and oxygen atoms in total. The van der Waals surface area contributed by atoms with Crippen molar-refractivity contribution in [3.8, 4) is 0 Å². The summed E-state index contributed by atoms with van der Waals surface area (Å²) >= 11 is 0. The van der Waals surface area contributed by atoms with Crippen LogP contribution in [0.1, 0.15) is 18.9 Å². The second-order valence-electron chi connectivity index (χ2n) is 2.90. The molecule has 0 aliphatic rings. The smallest absolute Gasteiger partial charge is 0.211 e. The van der Waals surface area contributed by atoms with Gasteiger partial charge in [-0.05, 0) is 12.5 Å². The third-order valence-corrected chi connectivity index (χ3v) is 1.81. The maximum Gasteiger partial charge on any atom is 0.211 e. The van der Waals surface area contributed by atoms with Crippen molar-refractivity contribution in [1.82, 2.24) is 0 Å². The summed E-state index contributed by atoms with van der Waals surface area (Å²) in [5.41, 5.74) is 11.2. The molecule has 1 aromatic rings. The molecule has 1 rings (SSSR count). The zero-order chi connectivity index (χ0) is 11.3. The van der Waals surface area contributed by atoms with Crippen molar-refractivity contribution in [2.24, 2.45) is 21.7 Å². The van der Waals surface area contributed by atoms with Crippen LogP contribution in [0, 0.1) is 5.82 Å². The van der Waals surface area contributed by atoms with Crippen molar-refractivity contribution in [3.63, 3.8) is 0 Å². The average Bonchev–Trinajstić information content (AvgIpc) is 2.21. The van der Waals surface area contributed by atoms with Crippen LogP contribution in [0.2, 0.25) is 0 Å². The topological polar surface area (TPSA) is 76.8 Å². The largest absolute Gasteiger partial charge is 0.369 e. The summed E-state index contributed by atoms with van der Waals surface area (Å²) in [6, 6.07) is 6.36. The summed E-state index contributed by atoms with van der Waals surface area (Å²) in [5, 5.41) is 7.29. The molecule has 0 aliphatic heterocycles. The zero-order valence-electron chi connectivity index (χ0n) is 8.44. The van der Waals surface area contributed by atoms with Gasteiger partial charge in [0, 0.05) is 5.56 Å². The molecule has 0 spiro atoms. The van der Waals surface area contributed by atoms with Crippen molar-refractivity contribution in [1.29, 1.82) is 0 Å². The van der Waals surface area contributed by atoms with E-state index in [2.05, 4.69) is 10.2 Å². The van der Waals surface area contributed by atoms with Gasteiger partial charge >= 0.3 is 0 Å². The van der Waals surface area contributed by atoms with Crippen molar-refractivity contribution in [2.45, 2.75) is 13.3 Å². The zero-order valence-corrected chi connectivity index (χ0v) is 8.44. The molecule has 0 atom stereocenters. The Bertz CT molecular complexity index is 394. The molecule has 0 aliphatic carbocycles. The molecular weight excluding hydrogens is 195 g/mol. The third kappa shape index (κ3) is 3.05. The molecule has 15 heavy (non-hydrogen) atoms. The predicted octanol–water partition coefficient (Wildman–Crippen LogP) is 1.21. The minimum atomic E-state index is -0.330. The Balaban J connectivity index is 3.08. The molecule has 0 saturated heterocycles. The van der Waals surface area contributed by atoms with Crippen LogP contribution in [-0.2, 0) is 0 Å². The van der Waals surface area contributed by atoms with E-state index in [0.717, 1.165) is 0 Å². The van der Waals surface area contributed by atoms with E-state index < -0.39 is 0 Å². The Morgan fingerprint density at radius 2 is 1.93 bits per heavy atom. The average molecular weight is 208 g/mol. The molecule has 0 radical (unpaired) electrons. The van der Waals surface area contributed by atoms with Crippen molar-refractivity contribution in [3.05, 3.63) is 35.6 Å². The highest BCUT2D eigenvalue weighted by Gasteiger charge is 2.06. The Morgan fingerprint density at radius 3 is 2.47 bits per heavy atom. The SMILES string of the molecule is CC/C(=N/N=C(N)N)c1ccccc1F. The fourth-order valence-corrected chi connectivity index (χ4v) is 1.13. The summed E-state index contributed by atoms with van der Waals surface area (Å²) in [4.78, 5) is 0. The number of benzene rings is 1. The lowest BCUT2D eigenvalue weighted by molar-refractivity contribution is 0.624. The molecule has 0 saturated carbocycles. The molecule has 1 aromatic carbocycles. The summed E-state index contributed by atoms with van der Waals surface area (Å²) in [7, 11) is 0. The van der Waals surface area contributed by atoms with E-state index in [0.29, 0.717) is 17.7 Å². The van der Waals surface area contributed by atoms with Gasteiger partial charge in [-0.15, -0.1) is 5.10 Å². The number of guanidine groups is 1. The van der Waals surface area contributed by atoms with Gasteiger partial charge in [0.15, 0.2) is 0 Å². The Kier molecular flexibility index (Phi) is 3.79. The maximum absolute atomic E-state index is 13.4. The minimum absolute atomic E-state index is 0.141. The van der Waals surface area contributed by atoms with Gasteiger partial charge in [0.1, 0.15) is 5.82 Å². The number of halogens is 1. The number of nitrogens with two attached hydrogens (primary N) is 2. The van der Waals surface area contributed by atoms with Crippen molar-refractivity contribution >= 4 is 11.7 Å². The molecule has 0 fully saturated rings. The van der Waals surface area contributed by atoms with Crippen LogP contribution in [-0.4, -0.2) is 11.7 Å². The lowest BCUT2D eigenvalue weighted by atomic mass is 10.1. The molecule has 0 bridgehead atoms. The highest BCUT2D eigenvalue weighted by Crippen LogP contribution is 2.10. The summed E-state index contributed by atoms with van der Waals surface area (Å²) in [6.45, 7) is 1.85. The highest BCUT2D eigenvalue weighted by molar-refractivity contribution is 6.00. The Morgan fingerprint density at radius 1 is 1.27 bits per heavy atom. The molecule has 0 heterocycles. The lowest BCUT2D eigenvalue weighted by Crippen LogP contribution is -2.22. The molecule has 5 heteroatoms. The van der Waals surface area contributed by atoms with Gasteiger partial charge in [0.05, 0.1) is 5.71 Å². The second-order valence-corrected chi connectivity index (χ2v) is 2.90. The van der Waals surface area contributed by atoms with E-state index in [1.165, 1.54) is 6.07 Å².